The molecule has 0 saturated heterocycles. The van der Waals surface area contributed by atoms with Gasteiger partial charge in [-0.3, -0.25) is 0 Å². The minimum Gasteiger partial charge on any atom is -0.439 e. The van der Waals surface area contributed by atoms with Crippen LogP contribution in [-0.4, -0.2) is 9.97 Å². The molecule has 0 saturated carbocycles. The number of hydrogen-bond donors (Lipinski definition) is 0. The zero-order valence-corrected chi connectivity index (χ0v) is 13.8. The van der Waals surface area contributed by atoms with Crippen molar-refractivity contribution < 1.29 is 17.9 Å². The molecule has 0 N–H and O–H groups in total. The van der Waals surface area contributed by atoms with Gasteiger partial charge in [-0.1, -0.05) is 17.7 Å². The second kappa shape index (κ2) is 6.41. The van der Waals surface area contributed by atoms with Crippen LogP contribution in [0.4, 0.5) is 13.2 Å². The van der Waals surface area contributed by atoms with Crippen LogP contribution in [0, 0.1) is 6.92 Å². The summed E-state index contributed by atoms with van der Waals surface area (Å²) in [5.41, 5.74) is -0.171. The maximum atomic E-state index is 12.8. The van der Waals surface area contributed by atoms with E-state index in [1.54, 1.807) is 25.3 Å². The molecule has 2 heterocycles. The topological polar surface area (TPSA) is 35.0 Å². The number of aromatic nitrogens is 2. The number of halogens is 4. The first kappa shape index (κ1) is 16.7. The van der Waals surface area contributed by atoms with Crippen LogP contribution in [0.3, 0.4) is 0 Å². The summed E-state index contributed by atoms with van der Waals surface area (Å²) < 4.78 is 44.5. The van der Waals surface area contributed by atoms with Gasteiger partial charge in [0.25, 0.3) is 0 Å². The molecule has 0 aliphatic rings. The molecule has 0 fully saturated rings. The van der Waals surface area contributed by atoms with Gasteiger partial charge in [0, 0.05) is 11.8 Å². The predicted molar refractivity (Wildman–Crippen MR) is 86.6 cm³/mol. The highest BCUT2D eigenvalue weighted by Gasteiger charge is 2.30. The molecular weight excluding hydrogens is 361 g/mol. The van der Waals surface area contributed by atoms with Crippen LogP contribution in [0.5, 0.6) is 11.6 Å². The van der Waals surface area contributed by atoms with E-state index in [4.69, 9.17) is 16.3 Å². The standard InChI is InChI=1S/C16H10ClF3N2OS/c1-9-8-21-14(12-5-6-13(17)24-12)22-15(9)23-11-4-2-3-10(7-11)16(18,19)20/h2-8H,1H3. The fourth-order valence-corrected chi connectivity index (χ4v) is 2.91. The minimum atomic E-state index is -4.43. The van der Waals surface area contributed by atoms with E-state index in [1.807, 2.05) is 0 Å². The van der Waals surface area contributed by atoms with Crippen LogP contribution in [0.1, 0.15) is 11.1 Å². The number of hydrogen-bond acceptors (Lipinski definition) is 4. The fourth-order valence-electron chi connectivity index (χ4n) is 1.93. The molecule has 0 aliphatic carbocycles. The summed E-state index contributed by atoms with van der Waals surface area (Å²) in [6, 6.07) is 8.14. The first-order valence-corrected chi connectivity index (χ1v) is 7.97. The highest BCUT2D eigenvalue weighted by Crippen LogP contribution is 2.34. The minimum absolute atomic E-state index is 0.0572. The van der Waals surface area contributed by atoms with E-state index < -0.39 is 11.7 Å². The fraction of sp³-hybridized carbons (Fsp3) is 0.125. The van der Waals surface area contributed by atoms with E-state index in [1.165, 1.54) is 23.5 Å². The number of rotatable bonds is 3. The van der Waals surface area contributed by atoms with Crippen molar-refractivity contribution in [2.75, 3.05) is 0 Å². The van der Waals surface area contributed by atoms with Crippen molar-refractivity contribution in [3.63, 3.8) is 0 Å². The van der Waals surface area contributed by atoms with Crippen molar-refractivity contribution in [1.82, 2.24) is 9.97 Å². The van der Waals surface area contributed by atoms with Crippen LogP contribution in [0.15, 0.2) is 42.6 Å². The van der Waals surface area contributed by atoms with Crippen molar-refractivity contribution >= 4 is 22.9 Å². The van der Waals surface area contributed by atoms with Crippen molar-refractivity contribution in [2.45, 2.75) is 13.1 Å². The Bertz CT molecular complexity index is 880. The predicted octanol–water partition coefficient (Wildman–Crippen LogP) is 5.98. The molecule has 0 bridgehead atoms. The summed E-state index contributed by atoms with van der Waals surface area (Å²) in [5.74, 6) is 0.658. The third kappa shape index (κ3) is 3.68. The quantitative estimate of drug-likeness (QED) is 0.569. The maximum absolute atomic E-state index is 12.8. The molecule has 0 radical (unpaired) electrons. The Morgan fingerprint density at radius 1 is 1.17 bits per heavy atom. The first-order chi connectivity index (χ1) is 11.3. The maximum Gasteiger partial charge on any atom is 0.416 e. The summed E-state index contributed by atoms with van der Waals surface area (Å²) in [4.78, 5) is 9.23. The van der Waals surface area contributed by atoms with Crippen LogP contribution in [-0.2, 0) is 6.18 Å². The third-order valence-corrected chi connectivity index (χ3v) is 4.32. The lowest BCUT2D eigenvalue weighted by molar-refractivity contribution is -0.137. The van der Waals surface area contributed by atoms with Gasteiger partial charge in [-0.25, -0.2) is 4.98 Å². The first-order valence-electron chi connectivity index (χ1n) is 6.77. The molecule has 0 amide bonds. The van der Waals surface area contributed by atoms with Gasteiger partial charge in [-0.15, -0.1) is 11.3 Å². The van der Waals surface area contributed by atoms with Gasteiger partial charge in [0.2, 0.25) is 5.88 Å². The lowest BCUT2D eigenvalue weighted by Crippen LogP contribution is -2.04. The van der Waals surface area contributed by atoms with E-state index in [0.717, 1.165) is 17.0 Å². The van der Waals surface area contributed by atoms with E-state index >= 15 is 0 Å². The lowest BCUT2D eigenvalue weighted by Gasteiger charge is -2.11. The number of thiophene rings is 1. The molecule has 0 atom stereocenters. The molecule has 124 valence electrons. The van der Waals surface area contributed by atoms with Crippen molar-refractivity contribution in [1.29, 1.82) is 0 Å². The Morgan fingerprint density at radius 2 is 1.96 bits per heavy atom. The molecule has 2 aromatic heterocycles. The van der Waals surface area contributed by atoms with Gasteiger partial charge in [0.05, 0.1) is 14.8 Å². The average molecular weight is 371 g/mol. The van der Waals surface area contributed by atoms with Crippen LogP contribution in [0.2, 0.25) is 4.34 Å². The number of ether oxygens (including phenoxy) is 1. The number of aryl methyl sites for hydroxylation is 1. The van der Waals surface area contributed by atoms with Crippen molar-refractivity contribution in [3.8, 4) is 22.3 Å². The molecular formula is C16H10ClF3N2OS. The lowest BCUT2D eigenvalue weighted by atomic mass is 10.2. The monoisotopic (exact) mass is 370 g/mol. The molecule has 3 rings (SSSR count). The average Bonchev–Trinajstić information content (AvgIpc) is 2.95. The van der Waals surface area contributed by atoms with Gasteiger partial charge in [0.15, 0.2) is 5.82 Å². The Balaban J connectivity index is 1.93. The van der Waals surface area contributed by atoms with E-state index in [9.17, 15) is 13.2 Å². The summed E-state index contributed by atoms with van der Waals surface area (Å²) in [6.07, 6.45) is -2.88. The molecule has 3 nitrogen and oxygen atoms in total. The zero-order chi connectivity index (χ0) is 17.3. The van der Waals surface area contributed by atoms with Gasteiger partial charge >= 0.3 is 6.18 Å². The van der Waals surface area contributed by atoms with Crippen LogP contribution in [0.25, 0.3) is 10.7 Å². The molecule has 0 unspecified atom stereocenters. The van der Waals surface area contributed by atoms with Crippen molar-refractivity contribution in [2.24, 2.45) is 0 Å². The van der Waals surface area contributed by atoms with E-state index in [-0.39, 0.29) is 11.6 Å². The van der Waals surface area contributed by atoms with Crippen LogP contribution < -0.4 is 4.74 Å². The zero-order valence-electron chi connectivity index (χ0n) is 12.3. The smallest absolute Gasteiger partial charge is 0.416 e. The highest BCUT2D eigenvalue weighted by molar-refractivity contribution is 7.19. The molecule has 24 heavy (non-hydrogen) atoms. The second-order valence-corrected chi connectivity index (χ2v) is 6.63. The molecule has 3 aromatic rings. The molecule has 1 aromatic carbocycles. The van der Waals surface area contributed by atoms with Crippen molar-refractivity contribution in [3.05, 3.63) is 58.1 Å². The Kier molecular flexibility index (Phi) is 4.47. The summed E-state index contributed by atoms with van der Waals surface area (Å²) in [6.45, 7) is 1.72. The van der Waals surface area contributed by atoms with Gasteiger partial charge < -0.3 is 4.74 Å². The van der Waals surface area contributed by atoms with Gasteiger partial charge in [-0.05, 0) is 37.3 Å². The summed E-state index contributed by atoms with van der Waals surface area (Å²) in [7, 11) is 0. The van der Waals surface area contributed by atoms with Crippen LogP contribution >= 0.6 is 22.9 Å². The van der Waals surface area contributed by atoms with Gasteiger partial charge in [-0.2, -0.15) is 18.2 Å². The SMILES string of the molecule is Cc1cnc(-c2ccc(Cl)s2)nc1Oc1cccc(C(F)(F)F)c1. The van der Waals surface area contributed by atoms with Gasteiger partial charge in [0.1, 0.15) is 5.75 Å². The summed E-state index contributed by atoms with van der Waals surface area (Å²) >= 11 is 7.20. The Morgan fingerprint density at radius 3 is 2.62 bits per heavy atom. The summed E-state index contributed by atoms with van der Waals surface area (Å²) in [5, 5.41) is 0. The highest BCUT2D eigenvalue weighted by atomic mass is 35.5. The normalized spacial score (nSPS) is 11.5. The molecule has 0 spiro atoms. The van der Waals surface area contributed by atoms with E-state index in [0.29, 0.717) is 15.7 Å². The van der Waals surface area contributed by atoms with E-state index in [2.05, 4.69) is 9.97 Å². The number of nitrogens with zero attached hydrogens (tertiary/aromatic N) is 2. The molecule has 0 aliphatic heterocycles. The Hall–Kier alpha value is -2.12. The Labute approximate surface area is 144 Å². The number of alkyl halides is 3. The second-order valence-electron chi connectivity index (χ2n) is 4.91. The molecule has 8 heteroatoms. The number of benzene rings is 1. The largest absolute Gasteiger partial charge is 0.439 e. The third-order valence-electron chi connectivity index (χ3n) is 3.09.